The average molecular weight is 420 g/mol. The largest absolute Gasteiger partial charge is 0.507 e. The number of thiazole rings is 1. The summed E-state index contributed by atoms with van der Waals surface area (Å²) in [5, 5.41) is 15.2. The second-order valence-electron chi connectivity index (χ2n) is 6.89. The first-order valence-corrected chi connectivity index (χ1v) is 10.7. The molecular weight excluding hydrogens is 394 g/mol. The second kappa shape index (κ2) is 9.21. The monoisotopic (exact) mass is 419 g/mol. The molecule has 0 aromatic carbocycles. The van der Waals surface area contributed by atoms with Gasteiger partial charge in [0.15, 0.2) is 5.13 Å². The highest BCUT2D eigenvalue weighted by Crippen LogP contribution is 2.31. The molecule has 0 spiro atoms. The number of rotatable bonds is 7. The summed E-state index contributed by atoms with van der Waals surface area (Å²) < 4.78 is 6.51. The molecule has 1 aliphatic carbocycles. The van der Waals surface area contributed by atoms with Crippen LogP contribution in [0.15, 0.2) is 10.2 Å². The van der Waals surface area contributed by atoms with Crippen LogP contribution in [0.4, 0.5) is 5.13 Å². The summed E-state index contributed by atoms with van der Waals surface area (Å²) in [5.41, 5.74) is 1.27. The van der Waals surface area contributed by atoms with E-state index < -0.39 is 17.4 Å². The molecular formula is C20H25N3O5S. The molecule has 2 heterocycles. The lowest BCUT2D eigenvalue weighted by molar-refractivity contribution is -0.142. The molecule has 0 radical (unpaired) electrons. The minimum atomic E-state index is -0.692. The summed E-state index contributed by atoms with van der Waals surface area (Å²) in [6.07, 6.45) is 4.00. The zero-order valence-electron chi connectivity index (χ0n) is 16.6. The van der Waals surface area contributed by atoms with Gasteiger partial charge in [0.2, 0.25) is 0 Å². The molecule has 0 aliphatic heterocycles. The Morgan fingerprint density at radius 1 is 1.31 bits per heavy atom. The maximum atomic E-state index is 13.0. The SMILES string of the molecule is CCCn1c2c(c(O)c(C(=O)Nc3nc(CC(=O)OCC)cs3)c1=O)CCCC2. The number of carbonyl (C=O) groups excluding carboxylic acids is 2. The van der Waals surface area contributed by atoms with Gasteiger partial charge in [0.25, 0.3) is 11.5 Å². The lowest BCUT2D eigenvalue weighted by Crippen LogP contribution is -2.33. The number of aromatic hydroxyl groups is 1. The predicted octanol–water partition coefficient (Wildman–Crippen LogP) is 2.66. The van der Waals surface area contributed by atoms with E-state index in [0.717, 1.165) is 42.7 Å². The number of esters is 1. The number of hydrogen-bond donors (Lipinski definition) is 2. The summed E-state index contributed by atoms with van der Waals surface area (Å²) in [5.74, 6) is -1.31. The van der Waals surface area contributed by atoms with Crippen LogP contribution in [0.25, 0.3) is 0 Å². The Morgan fingerprint density at radius 2 is 2.07 bits per heavy atom. The minimum Gasteiger partial charge on any atom is -0.507 e. The summed E-state index contributed by atoms with van der Waals surface area (Å²) in [6, 6.07) is 0. The molecule has 2 aromatic rings. The molecule has 156 valence electrons. The third-order valence-corrected chi connectivity index (χ3v) is 5.63. The summed E-state index contributed by atoms with van der Waals surface area (Å²) >= 11 is 1.15. The Balaban J connectivity index is 1.88. The van der Waals surface area contributed by atoms with Crippen LogP contribution in [-0.2, 0) is 35.3 Å². The van der Waals surface area contributed by atoms with Crippen LogP contribution >= 0.6 is 11.3 Å². The van der Waals surface area contributed by atoms with Crippen molar-refractivity contribution in [3.8, 4) is 5.75 Å². The molecule has 3 rings (SSSR count). The van der Waals surface area contributed by atoms with E-state index in [1.807, 2.05) is 6.92 Å². The maximum Gasteiger partial charge on any atom is 0.311 e. The van der Waals surface area contributed by atoms with Crippen molar-refractivity contribution in [1.82, 2.24) is 9.55 Å². The molecule has 0 fully saturated rings. The summed E-state index contributed by atoms with van der Waals surface area (Å²) in [4.78, 5) is 41.6. The summed E-state index contributed by atoms with van der Waals surface area (Å²) in [6.45, 7) is 4.48. The molecule has 8 nitrogen and oxygen atoms in total. The standard InChI is InChI=1S/C20H25N3O5S/c1-3-9-23-14-8-6-5-7-13(14)17(25)16(19(23)27)18(26)22-20-21-12(11-29-20)10-15(24)28-4-2/h11,25H,3-10H2,1-2H3,(H,21,22,26). The van der Waals surface area contributed by atoms with E-state index in [0.29, 0.717) is 24.2 Å². The Kier molecular flexibility index (Phi) is 6.68. The molecule has 0 atom stereocenters. The number of carbonyl (C=O) groups is 2. The number of nitrogens with one attached hydrogen (secondary N) is 1. The lowest BCUT2D eigenvalue weighted by Gasteiger charge is -2.23. The fourth-order valence-corrected chi connectivity index (χ4v) is 4.29. The maximum absolute atomic E-state index is 13.0. The highest BCUT2D eigenvalue weighted by molar-refractivity contribution is 7.14. The smallest absolute Gasteiger partial charge is 0.311 e. The number of anilines is 1. The second-order valence-corrected chi connectivity index (χ2v) is 7.75. The van der Waals surface area contributed by atoms with Gasteiger partial charge in [-0.2, -0.15) is 0 Å². The number of ether oxygens (including phenoxy) is 1. The Bertz CT molecular complexity index is 979. The molecule has 0 saturated carbocycles. The topological polar surface area (TPSA) is 111 Å². The van der Waals surface area contributed by atoms with Crippen molar-refractivity contribution in [2.24, 2.45) is 0 Å². The van der Waals surface area contributed by atoms with Gasteiger partial charge >= 0.3 is 5.97 Å². The van der Waals surface area contributed by atoms with Crippen LogP contribution < -0.4 is 10.9 Å². The molecule has 2 aromatic heterocycles. The molecule has 2 N–H and O–H groups in total. The molecule has 0 unspecified atom stereocenters. The van der Waals surface area contributed by atoms with Crippen molar-refractivity contribution in [2.45, 2.75) is 58.9 Å². The van der Waals surface area contributed by atoms with E-state index in [4.69, 9.17) is 4.74 Å². The summed E-state index contributed by atoms with van der Waals surface area (Å²) in [7, 11) is 0. The molecule has 0 saturated heterocycles. The number of fused-ring (bicyclic) bond motifs is 1. The van der Waals surface area contributed by atoms with Gasteiger partial charge in [-0.25, -0.2) is 4.98 Å². The van der Waals surface area contributed by atoms with E-state index in [1.165, 1.54) is 0 Å². The number of hydrogen-bond acceptors (Lipinski definition) is 7. The van der Waals surface area contributed by atoms with Gasteiger partial charge in [-0.1, -0.05) is 6.92 Å². The predicted molar refractivity (Wildman–Crippen MR) is 110 cm³/mol. The zero-order valence-corrected chi connectivity index (χ0v) is 17.4. The first-order chi connectivity index (χ1) is 14.0. The number of nitrogens with zero attached hydrogens (tertiary/aromatic N) is 2. The van der Waals surface area contributed by atoms with Crippen molar-refractivity contribution in [3.05, 3.63) is 38.2 Å². The van der Waals surface area contributed by atoms with Gasteiger partial charge in [-0.3, -0.25) is 19.7 Å². The minimum absolute atomic E-state index is 0.00755. The Labute approximate surface area is 172 Å². The number of aromatic nitrogens is 2. The van der Waals surface area contributed by atoms with Gasteiger partial charge in [0, 0.05) is 23.2 Å². The van der Waals surface area contributed by atoms with Crippen LogP contribution in [0.2, 0.25) is 0 Å². The van der Waals surface area contributed by atoms with Gasteiger partial charge in [-0.05, 0) is 39.0 Å². The fraction of sp³-hybridized carbons (Fsp3) is 0.500. The van der Waals surface area contributed by atoms with Gasteiger partial charge in [0.1, 0.15) is 11.3 Å². The van der Waals surface area contributed by atoms with Crippen LogP contribution in [0.1, 0.15) is 60.4 Å². The van der Waals surface area contributed by atoms with Crippen molar-refractivity contribution in [2.75, 3.05) is 11.9 Å². The van der Waals surface area contributed by atoms with Gasteiger partial charge in [-0.15, -0.1) is 11.3 Å². The quantitative estimate of drug-likeness (QED) is 0.668. The number of pyridine rings is 1. The third kappa shape index (κ3) is 4.50. The fourth-order valence-electron chi connectivity index (χ4n) is 3.58. The average Bonchev–Trinajstić information content (AvgIpc) is 3.12. The highest BCUT2D eigenvalue weighted by Gasteiger charge is 2.27. The molecule has 9 heteroatoms. The van der Waals surface area contributed by atoms with Crippen LogP contribution in [0, 0.1) is 0 Å². The van der Waals surface area contributed by atoms with Gasteiger partial charge in [0.05, 0.1) is 18.7 Å². The Hall–Kier alpha value is -2.68. The Morgan fingerprint density at radius 3 is 2.79 bits per heavy atom. The van der Waals surface area contributed by atoms with E-state index in [1.54, 1.807) is 16.9 Å². The molecule has 29 heavy (non-hydrogen) atoms. The number of amides is 1. The van der Waals surface area contributed by atoms with E-state index in [-0.39, 0.29) is 29.5 Å². The highest BCUT2D eigenvalue weighted by atomic mass is 32.1. The normalized spacial score (nSPS) is 13.0. The van der Waals surface area contributed by atoms with Crippen molar-refractivity contribution < 1.29 is 19.4 Å². The van der Waals surface area contributed by atoms with Crippen molar-refractivity contribution in [1.29, 1.82) is 0 Å². The van der Waals surface area contributed by atoms with E-state index in [9.17, 15) is 19.5 Å². The first kappa shape index (κ1) is 21.0. The molecule has 1 amide bonds. The first-order valence-electron chi connectivity index (χ1n) is 9.85. The van der Waals surface area contributed by atoms with Crippen LogP contribution in [0.3, 0.4) is 0 Å². The molecule has 1 aliphatic rings. The zero-order chi connectivity index (χ0) is 21.0. The van der Waals surface area contributed by atoms with Crippen LogP contribution in [0.5, 0.6) is 5.75 Å². The van der Waals surface area contributed by atoms with Crippen LogP contribution in [-0.4, -0.2) is 33.1 Å². The lowest BCUT2D eigenvalue weighted by atomic mass is 9.93. The molecule has 0 bridgehead atoms. The van der Waals surface area contributed by atoms with Gasteiger partial charge < -0.3 is 14.4 Å². The van der Waals surface area contributed by atoms with Crippen molar-refractivity contribution in [3.63, 3.8) is 0 Å². The van der Waals surface area contributed by atoms with Crippen molar-refractivity contribution >= 4 is 28.3 Å². The third-order valence-electron chi connectivity index (χ3n) is 4.82. The van der Waals surface area contributed by atoms with E-state index in [2.05, 4.69) is 10.3 Å². The van der Waals surface area contributed by atoms with E-state index >= 15 is 0 Å².